The number of hydrogen-bond donors (Lipinski definition) is 1. The molecule has 0 aliphatic carbocycles. The lowest BCUT2D eigenvalue weighted by molar-refractivity contribution is -0.0417. The average Bonchev–Trinajstić information content (AvgIpc) is 2.91. The summed E-state index contributed by atoms with van der Waals surface area (Å²) < 4.78 is 11.5. The Morgan fingerprint density at radius 1 is 1.43 bits per heavy atom. The van der Waals surface area contributed by atoms with Crippen molar-refractivity contribution in [1.29, 1.82) is 0 Å². The summed E-state index contributed by atoms with van der Waals surface area (Å²) in [5, 5.41) is 9.90. The van der Waals surface area contributed by atoms with E-state index in [-0.39, 0.29) is 12.0 Å². The third kappa shape index (κ3) is 3.87. The van der Waals surface area contributed by atoms with Crippen molar-refractivity contribution in [3.8, 4) is 5.75 Å². The van der Waals surface area contributed by atoms with Crippen molar-refractivity contribution in [2.45, 2.75) is 26.8 Å². The number of aliphatic hydroxyl groups excluding tert-OH is 1. The second-order valence-electron chi connectivity index (χ2n) is 7.56. The van der Waals surface area contributed by atoms with Crippen LogP contribution in [0.15, 0.2) is 24.3 Å². The van der Waals surface area contributed by atoms with E-state index in [2.05, 4.69) is 36.9 Å². The summed E-state index contributed by atoms with van der Waals surface area (Å²) in [5.41, 5.74) is 1.32. The molecule has 23 heavy (non-hydrogen) atoms. The van der Waals surface area contributed by atoms with Crippen molar-refractivity contribution in [3.05, 3.63) is 29.8 Å². The summed E-state index contributed by atoms with van der Waals surface area (Å²) in [6.45, 7) is 9.80. The number of hydrogen-bond acceptors (Lipinski definition) is 4. The van der Waals surface area contributed by atoms with Crippen molar-refractivity contribution in [2.75, 3.05) is 39.5 Å². The van der Waals surface area contributed by atoms with Crippen molar-refractivity contribution in [1.82, 2.24) is 4.90 Å². The maximum Gasteiger partial charge on any atom is 0.119 e. The minimum Gasteiger partial charge on any atom is -0.493 e. The minimum atomic E-state index is 0.0456. The molecular formula is C19H29NO3. The molecule has 2 saturated heterocycles. The van der Waals surface area contributed by atoms with Crippen LogP contribution in [0.5, 0.6) is 5.75 Å². The van der Waals surface area contributed by atoms with Gasteiger partial charge in [-0.05, 0) is 30.0 Å². The Morgan fingerprint density at radius 2 is 2.30 bits per heavy atom. The Hall–Kier alpha value is -1.10. The highest BCUT2D eigenvalue weighted by atomic mass is 16.5. The summed E-state index contributed by atoms with van der Waals surface area (Å²) >= 11 is 0. The van der Waals surface area contributed by atoms with Gasteiger partial charge in [0.2, 0.25) is 0 Å². The van der Waals surface area contributed by atoms with Gasteiger partial charge in [0.05, 0.1) is 19.8 Å². The topological polar surface area (TPSA) is 41.9 Å². The second-order valence-corrected chi connectivity index (χ2v) is 7.56. The molecule has 3 rings (SSSR count). The van der Waals surface area contributed by atoms with Gasteiger partial charge >= 0.3 is 0 Å². The van der Waals surface area contributed by atoms with E-state index in [0.29, 0.717) is 11.8 Å². The third-order valence-electron chi connectivity index (χ3n) is 5.15. The molecule has 1 aromatic rings. The van der Waals surface area contributed by atoms with Gasteiger partial charge in [-0.25, -0.2) is 0 Å². The molecule has 2 atom stereocenters. The van der Waals surface area contributed by atoms with Crippen LogP contribution >= 0.6 is 0 Å². The van der Waals surface area contributed by atoms with Crippen LogP contribution in [0.25, 0.3) is 0 Å². The van der Waals surface area contributed by atoms with Crippen LogP contribution in [0.2, 0.25) is 0 Å². The summed E-state index contributed by atoms with van der Waals surface area (Å²) in [5.74, 6) is 1.94. The SMILES string of the molecule is CC(C)COc1cccc(CN2C[C@@H]3COCC[C@]3(CO)C2)c1. The number of aliphatic hydroxyl groups is 1. The Kier molecular flexibility index (Phi) is 5.24. The zero-order valence-electron chi connectivity index (χ0n) is 14.3. The molecule has 2 fully saturated rings. The first-order valence-corrected chi connectivity index (χ1v) is 8.74. The Labute approximate surface area is 139 Å². The lowest BCUT2D eigenvalue weighted by Crippen LogP contribution is -2.41. The van der Waals surface area contributed by atoms with E-state index < -0.39 is 0 Å². The van der Waals surface area contributed by atoms with Crippen molar-refractivity contribution in [3.63, 3.8) is 0 Å². The lowest BCUT2D eigenvalue weighted by atomic mass is 9.75. The number of benzene rings is 1. The molecule has 4 nitrogen and oxygen atoms in total. The van der Waals surface area contributed by atoms with Crippen LogP contribution in [0.4, 0.5) is 0 Å². The lowest BCUT2D eigenvalue weighted by Gasteiger charge is -2.36. The fraction of sp³-hybridized carbons (Fsp3) is 0.684. The first kappa shape index (κ1) is 16.7. The summed E-state index contributed by atoms with van der Waals surface area (Å²) in [6.07, 6.45) is 0.974. The van der Waals surface area contributed by atoms with Gasteiger partial charge in [-0.2, -0.15) is 0 Å². The highest BCUT2D eigenvalue weighted by molar-refractivity contribution is 5.28. The van der Waals surface area contributed by atoms with Gasteiger partial charge in [0.25, 0.3) is 0 Å². The summed E-state index contributed by atoms with van der Waals surface area (Å²) in [7, 11) is 0. The highest BCUT2D eigenvalue weighted by Crippen LogP contribution is 2.42. The van der Waals surface area contributed by atoms with Crippen LogP contribution in [0.3, 0.4) is 0 Å². The van der Waals surface area contributed by atoms with E-state index in [9.17, 15) is 5.11 Å². The molecule has 0 bridgehead atoms. The van der Waals surface area contributed by atoms with Gasteiger partial charge < -0.3 is 14.6 Å². The quantitative estimate of drug-likeness (QED) is 0.875. The third-order valence-corrected chi connectivity index (χ3v) is 5.15. The maximum atomic E-state index is 9.90. The number of fused-ring (bicyclic) bond motifs is 1. The highest BCUT2D eigenvalue weighted by Gasteiger charge is 2.47. The molecule has 0 saturated carbocycles. The van der Waals surface area contributed by atoms with Gasteiger partial charge in [-0.1, -0.05) is 26.0 Å². The molecule has 1 aromatic carbocycles. The van der Waals surface area contributed by atoms with E-state index >= 15 is 0 Å². The molecule has 2 heterocycles. The number of likely N-dealkylation sites (tertiary alicyclic amines) is 1. The van der Waals surface area contributed by atoms with E-state index in [1.165, 1.54) is 5.56 Å². The summed E-state index contributed by atoms with van der Waals surface area (Å²) in [6, 6.07) is 8.40. The average molecular weight is 319 g/mol. The molecule has 2 aliphatic rings. The fourth-order valence-electron chi connectivity index (χ4n) is 3.79. The van der Waals surface area contributed by atoms with Crippen LogP contribution < -0.4 is 4.74 Å². The van der Waals surface area contributed by atoms with Crippen molar-refractivity contribution in [2.24, 2.45) is 17.3 Å². The summed E-state index contributed by atoms with van der Waals surface area (Å²) in [4.78, 5) is 2.46. The predicted molar refractivity (Wildman–Crippen MR) is 90.5 cm³/mol. The largest absolute Gasteiger partial charge is 0.493 e. The molecule has 0 unspecified atom stereocenters. The standard InChI is InChI=1S/C19H29NO3/c1-15(2)11-23-18-5-3-4-16(8-18)9-20-10-17-12-22-7-6-19(17,13-20)14-21/h3-5,8,15,17,21H,6-7,9-14H2,1-2H3/t17-,19-/m1/s1. The predicted octanol–water partition coefficient (Wildman–Crippen LogP) is 2.55. The second kappa shape index (κ2) is 7.20. The first-order valence-electron chi connectivity index (χ1n) is 8.74. The number of nitrogens with zero attached hydrogens (tertiary/aromatic N) is 1. The van der Waals surface area contributed by atoms with E-state index in [1.807, 2.05) is 6.07 Å². The van der Waals surface area contributed by atoms with Gasteiger partial charge in [-0.3, -0.25) is 4.90 Å². The van der Waals surface area contributed by atoms with Crippen LogP contribution in [0, 0.1) is 17.3 Å². The Balaban J connectivity index is 1.62. The van der Waals surface area contributed by atoms with Gasteiger partial charge in [0.1, 0.15) is 5.75 Å². The first-order chi connectivity index (χ1) is 11.1. The van der Waals surface area contributed by atoms with E-state index in [4.69, 9.17) is 9.47 Å². The maximum absolute atomic E-state index is 9.90. The molecule has 128 valence electrons. The van der Waals surface area contributed by atoms with Crippen LogP contribution in [0.1, 0.15) is 25.8 Å². The molecule has 4 heteroatoms. The normalized spacial score (nSPS) is 28.1. The monoisotopic (exact) mass is 319 g/mol. The molecule has 0 amide bonds. The molecule has 0 aromatic heterocycles. The molecular weight excluding hydrogens is 290 g/mol. The smallest absolute Gasteiger partial charge is 0.119 e. The zero-order chi connectivity index (χ0) is 16.3. The molecule has 1 N–H and O–H groups in total. The zero-order valence-corrected chi connectivity index (χ0v) is 14.3. The van der Waals surface area contributed by atoms with Crippen LogP contribution in [-0.4, -0.2) is 49.5 Å². The molecule has 0 radical (unpaired) electrons. The van der Waals surface area contributed by atoms with Crippen LogP contribution in [-0.2, 0) is 11.3 Å². The van der Waals surface area contributed by atoms with Crippen molar-refractivity contribution >= 4 is 0 Å². The van der Waals surface area contributed by atoms with E-state index in [0.717, 1.165) is 51.6 Å². The Bertz CT molecular complexity index is 519. The van der Waals surface area contributed by atoms with E-state index in [1.54, 1.807) is 0 Å². The number of ether oxygens (including phenoxy) is 2. The van der Waals surface area contributed by atoms with Gasteiger partial charge in [0.15, 0.2) is 0 Å². The fourth-order valence-corrected chi connectivity index (χ4v) is 3.79. The molecule has 2 aliphatic heterocycles. The number of rotatable bonds is 6. The Morgan fingerprint density at radius 3 is 3.04 bits per heavy atom. The minimum absolute atomic E-state index is 0.0456. The molecule has 0 spiro atoms. The van der Waals surface area contributed by atoms with Crippen molar-refractivity contribution < 1.29 is 14.6 Å². The van der Waals surface area contributed by atoms with Gasteiger partial charge in [-0.15, -0.1) is 0 Å². The van der Waals surface area contributed by atoms with Gasteiger partial charge in [0, 0.05) is 37.6 Å².